The van der Waals surface area contributed by atoms with E-state index in [9.17, 15) is 82.4 Å². The fourth-order valence-corrected chi connectivity index (χ4v) is 13.4. The van der Waals surface area contributed by atoms with Gasteiger partial charge in [0, 0.05) is 62.0 Å². The molecule has 33 heteroatoms. The van der Waals surface area contributed by atoms with Crippen molar-refractivity contribution in [3.63, 3.8) is 0 Å². The zero-order chi connectivity index (χ0) is 82.6. The number of aromatic hydroxyl groups is 2. The second-order valence-electron chi connectivity index (χ2n) is 29.1. The molecule has 5 aromatic carbocycles. The van der Waals surface area contributed by atoms with Crippen molar-refractivity contribution < 1.29 is 82.4 Å². The summed E-state index contributed by atoms with van der Waals surface area (Å²) in [6.45, 7) is 9.06. The Balaban J connectivity index is 1.27. The van der Waals surface area contributed by atoms with Crippen molar-refractivity contribution in [1.82, 2.24) is 73.7 Å². The van der Waals surface area contributed by atoms with Gasteiger partial charge in [-0.3, -0.25) is 67.1 Å². The number of phenolic OH excluding ortho intramolecular Hbond substituents is 2. The highest BCUT2D eigenvalue weighted by atomic mass is 32.2. The molecule has 0 aliphatic carbocycles. The van der Waals surface area contributed by atoms with Crippen molar-refractivity contribution in [3.05, 3.63) is 167 Å². The molecule has 32 nitrogen and oxygen atoms in total. The lowest BCUT2D eigenvalue weighted by Gasteiger charge is -2.32. The van der Waals surface area contributed by atoms with E-state index in [1.807, 2.05) is 0 Å². The third-order valence-corrected chi connectivity index (χ3v) is 19.6. The van der Waals surface area contributed by atoms with Gasteiger partial charge in [-0.1, -0.05) is 145 Å². The number of thioether (sulfide) groups is 1. The molecule has 0 bridgehead atoms. The van der Waals surface area contributed by atoms with Crippen molar-refractivity contribution in [3.8, 4) is 11.5 Å². The molecular formula is C80H103N15O17S. The number of carbonyl (C=O) groups excluding carboxylic acids is 14. The number of nitrogens with zero attached hydrogens (tertiary/aromatic N) is 1. The van der Waals surface area contributed by atoms with Gasteiger partial charge in [0.2, 0.25) is 82.7 Å². The summed E-state index contributed by atoms with van der Waals surface area (Å²) in [4.78, 5) is 206. The summed E-state index contributed by atoms with van der Waals surface area (Å²) >= 11 is 0.838. The molecule has 7 rings (SSSR count). The van der Waals surface area contributed by atoms with Crippen LogP contribution in [0.2, 0.25) is 0 Å². The number of aliphatic hydroxyl groups is 1. The van der Waals surface area contributed by atoms with E-state index in [1.165, 1.54) is 62.5 Å². The van der Waals surface area contributed by atoms with Gasteiger partial charge in [0.1, 0.15) is 78.0 Å². The molecule has 14 amide bonds. The number of aromatic amines is 1. The van der Waals surface area contributed by atoms with Gasteiger partial charge in [0.05, 0.1) is 25.4 Å². The summed E-state index contributed by atoms with van der Waals surface area (Å²) in [6, 6.07) is 19.2. The number of likely N-dealkylation sites (N-methyl/N-ethyl adjacent to an activating group) is 1. The van der Waals surface area contributed by atoms with Crippen LogP contribution in [0.1, 0.15) is 89.1 Å². The standard InChI is InChI=1S/C80H103N15O17S/c1-44(2)31-57-73(105)93-64(71(103)83-39-66(81)99)42-113-43-68(101)87-59(33-48-17-11-9-12-18-48)74(106)89-60(34-50-23-27-53(97)28-24-50)75(107)88-58(32-45(3)4)77(109)94-69(46(5)6)79(111)91-61(35-51-25-29-54(98)30-26-51)76(108)92-63(41-96)70(102)84-40-67(100)86-62(37-52-38-82-56-22-16-15-21-55(52)56)72(104)85-47(7)80(112)95(8)65(78(110)90-57)36-49-19-13-10-14-20-49/h9-30,38,44-47,57-65,69,82,96-98H,31-37,39-43H2,1-8H3,(H2,81,99)(H,83,103)(H,84,102)(H,85,104)(H,86,100)(H,87,101)(H,88,107)(H,89,106)(H,90,110)(H,91,111)(H,92,108)(H,93,105)(H,94,109)/t47-,57-,58-,59-,60-,61-,62-,63-,64-,65-,69-/m0/s1. The minimum Gasteiger partial charge on any atom is -0.508 e. The molecule has 1 aliphatic rings. The van der Waals surface area contributed by atoms with Gasteiger partial charge in [-0.05, 0) is 95.7 Å². The molecule has 11 atom stereocenters. The molecule has 113 heavy (non-hydrogen) atoms. The van der Waals surface area contributed by atoms with Crippen molar-refractivity contribution >= 4 is 105 Å². The van der Waals surface area contributed by atoms with Crippen LogP contribution < -0.4 is 69.5 Å². The summed E-state index contributed by atoms with van der Waals surface area (Å²) in [7, 11) is 1.32. The number of nitrogens with two attached hydrogens (primary N) is 1. The fourth-order valence-electron chi connectivity index (χ4n) is 12.5. The van der Waals surface area contributed by atoms with Gasteiger partial charge in [-0.2, -0.15) is 0 Å². The Kier molecular flexibility index (Phi) is 33.7. The molecule has 0 unspecified atom stereocenters. The van der Waals surface area contributed by atoms with Crippen LogP contribution >= 0.6 is 11.8 Å². The highest BCUT2D eigenvalue weighted by molar-refractivity contribution is 8.00. The van der Waals surface area contributed by atoms with Crippen LogP contribution in [-0.2, 0) is 99.2 Å². The zero-order valence-corrected chi connectivity index (χ0v) is 65.2. The molecule has 1 fully saturated rings. The summed E-state index contributed by atoms with van der Waals surface area (Å²) in [5.41, 5.74) is 8.62. The number of fused-ring (bicyclic) bond motifs is 1. The lowest BCUT2D eigenvalue weighted by molar-refractivity contribution is -0.142. The van der Waals surface area contributed by atoms with Crippen LogP contribution in [0.15, 0.2) is 140 Å². The minimum atomic E-state index is -1.79. The van der Waals surface area contributed by atoms with Gasteiger partial charge >= 0.3 is 0 Å². The maximum Gasteiger partial charge on any atom is 0.245 e. The Labute approximate surface area is 659 Å². The predicted molar refractivity (Wildman–Crippen MR) is 421 cm³/mol. The first-order valence-electron chi connectivity index (χ1n) is 37.2. The number of primary amides is 1. The number of benzene rings is 5. The molecule has 2 heterocycles. The monoisotopic (exact) mass is 1580 g/mol. The topological polar surface area (TPSA) is 489 Å². The molecule has 1 aliphatic heterocycles. The third kappa shape index (κ3) is 27.8. The normalized spacial score (nSPS) is 22.8. The van der Waals surface area contributed by atoms with Gasteiger partial charge < -0.3 is 94.7 Å². The number of hydrogen-bond donors (Lipinski definition) is 17. The number of phenols is 2. The third-order valence-electron chi connectivity index (χ3n) is 18.6. The van der Waals surface area contributed by atoms with Crippen LogP contribution in [0.25, 0.3) is 10.9 Å². The van der Waals surface area contributed by atoms with Gasteiger partial charge in [-0.15, -0.1) is 11.8 Å². The number of nitrogens with one attached hydrogen (secondary N) is 13. The summed E-state index contributed by atoms with van der Waals surface area (Å²) in [5, 5.41) is 63.2. The molecular weight excluding hydrogens is 1480 g/mol. The Morgan fingerprint density at radius 1 is 0.496 bits per heavy atom. The van der Waals surface area contributed by atoms with E-state index in [1.54, 1.807) is 133 Å². The Morgan fingerprint density at radius 3 is 1.47 bits per heavy atom. The van der Waals surface area contributed by atoms with E-state index in [-0.39, 0.29) is 74.0 Å². The Morgan fingerprint density at radius 2 is 0.938 bits per heavy atom. The van der Waals surface area contributed by atoms with Crippen molar-refractivity contribution in [2.75, 3.05) is 38.2 Å². The number of carbonyl (C=O) groups is 14. The quantitative estimate of drug-likeness (QED) is 0.0507. The molecule has 606 valence electrons. The lowest BCUT2D eigenvalue weighted by atomic mass is 9.98. The number of H-pyrrole nitrogens is 1. The van der Waals surface area contributed by atoms with E-state index >= 15 is 0 Å². The van der Waals surface area contributed by atoms with Crippen molar-refractivity contribution in [1.29, 1.82) is 0 Å². The van der Waals surface area contributed by atoms with Crippen LogP contribution in [-0.4, -0.2) is 213 Å². The van der Waals surface area contributed by atoms with E-state index < -0.39 is 181 Å². The highest BCUT2D eigenvalue weighted by Gasteiger charge is 2.39. The fraction of sp³-hybridized carbons (Fsp3) is 0.425. The number of aliphatic hydroxyl groups excluding tert-OH is 1. The van der Waals surface area contributed by atoms with Crippen LogP contribution in [0.3, 0.4) is 0 Å². The Bertz CT molecular complexity index is 4300. The number of aromatic nitrogens is 1. The molecule has 18 N–H and O–H groups in total. The number of para-hydroxylation sites is 1. The van der Waals surface area contributed by atoms with E-state index in [4.69, 9.17) is 5.73 Å². The van der Waals surface area contributed by atoms with Crippen molar-refractivity contribution in [2.45, 2.75) is 160 Å². The molecule has 1 saturated heterocycles. The average molecular weight is 1580 g/mol. The molecule has 1 aromatic heterocycles. The van der Waals surface area contributed by atoms with Crippen LogP contribution in [0.5, 0.6) is 11.5 Å². The predicted octanol–water partition coefficient (Wildman–Crippen LogP) is -0.00770. The molecule has 6 aromatic rings. The second-order valence-corrected chi connectivity index (χ2v) is 30.1. The van der Waals surface area contributed by atoms with E-state index in [0.29, 0.717) is 38.7 Å². The SMILES string of the molecule is CC(C)C[C@@H]1NC(=O)[C@H](Cc2ccc(O)cc2)NC(=O)[C@H](Cc2ccccc2)NC(=O)CSC[C@@H](C(=O)NCC(N)=O)NC(=O)[C@H](CC(C)C)NC(=O)[C@H](Cc2ccccc2)N(C)C(=O)[C@H](C)NC(=O)[C@H](Cc2c[nH]c3ccccc23)NC(=O)CNC(=O)[C@H](CO)NC(=O)[C@H](Cc2ccc(O)cc2)NC(=O)[C@H](C(C)C)NC1=O. The molecule has 0 saturated carbocycles. The maximum absolute atomic E-state index is 15.0. The van der Waals surface area contributed by atoms with Crippen LogP contribution in [0, 0.1) is 17.8 Å². The molecule has 0 spiro atoms. The number of amides is 14. The lowest BCUT2D eigenvalue weighted by Crippen LogP contribution is -2.61. The first kappa shape index (κ1) is 88.3. The molecule has 0 radical (unpaired) electrons. The highest BCUT2D eigenvalue weighted by Crippen LogP contribution is 2.22. The number of rotatable bonds is 19. The smallest absolute Gasteiger partial charge is 0.245 e. The maximum atomic E-state index is 15.0. The summed E-state index contributed by atoms with van der Waals surface area (Å²) < 4.78 is 0. The number of hydrogen-bond acceptors (Lipinski definition) is 18. The van der Waals surface area contributed by atoms with Crippen LogP contribution in [0.4, 0.5) is 0 Å². The van der Waals surface area contributed by atoms with Gasteiger partial charge in [0.15, 0.2) is 0 Å². The van der Waals surface area contributed by atoms with E-state index in [2.05, 4.69) is 68.8 Å². The van der Waals surface area contributed by atoms with Gasteiger partial charge in [-0.25, -0.2) is 0 Å². The summed E-state index contributed by atoms with van der Waals surface area (Å²) in [5.74, 6) is -15.0. The summed E-state index contributed by atoms with van der Waals surface area (Å²) in [6.07, 6.45) is 0.563. The second kappa shape index (κ2) is 43.1. The van der Waals surface area contributed by atoms with Crippen molar-refractivity contribution in [2.24, 2.45) is 23.5 Å². The Hall–Kier alpha value is -11.9. The average Bonchev–Trinajstić information content (AvgIpc) is 1.76. The van der Waals surface area contributed by atoms with Gasteiger partial charge in [0.25, 0.3) is 0 Å². The first-order valence-corrected chi connectivity index (χ1v) is 38.4. The zero-order valence-electron chi connectivity index (χ0n) is 64.3. The van der Waals surface area contributed by atoms with E-state index in [0.717, 1.165) is 16.7 Å². The minimum absolute atomic E-state index is 0.0328. The first-order chi connectivity index (χ1) is 53.7. The largest absolute Gasteiger partial charge is 0.508 e.